The molecule has 1 aromatic heterocycles. The first kappa shape index (κ1) is 15.2. The molecular weight excluding hydrogens is 244 g/mol. The Morgan fingerprint density at radius 2 is 2.11 bits per heavy atom. The van der Waals surface area contributed by atoms with Crippen LogP contribution in [-0.4, -0.2) is 18.3 Å². The van der Waals surface area contributed by atoms with Crippen LogP contribution in [0.1, 0.15) is 49.5 Å². The first-order valence-electron chi connectivity index (χ1n) is 6.62. The molecule has 0 aliphatic heterocycles. The van der Waals surface area contributed by atoms with Gasteiger partial charge in [-0.05, 0) is 17.9 Å². The Kier molecular flexibility index (Phi) is 8.58. The van der Waals surface area contributed by atoms with Gasteiger partial charge in [0.2, 0.25) is 0 Å². The summed E-state index contributed by atoms with van der Waals surface area (Å²) >= 11 is 1.66. The van der Waals surface area contributed by atoms with Gasteiger partial charge in [0.1, 0.15) is 6.61 Å². The lowest BCUT2D eigenvalue weighted by Gasteiger charge is -2.03. The Hall–Kier alpha value is -0.820. The molecule has 3 heteroatoms. The van der Waals surface area contributed by atoms with E-state index >= 15 is 0 Å². The van der Waals surface area contributed by atoms with Crippen molar-refractivity contribution in [2.75, 3.05) is 13.2 Å². The van der Waals surface area contributed by atoms with Gasteiger partial charge in [0.05, 0.1) is 6.61 Å². The zero-order chi connectivity index (χ0) is 13.1. The number of aliphatic hydroxyl groups is 1. The van der Waals surface area contributed by atoms with Gasteiger partial charge in [-0.1, -0.05) is 44.4 Å². The summed E-state index contributed by atoms with van der Waals surface area (Å²) in [7, 11) is 0. The topological polar surface area (TPSA) is 29.5 Å². The van der Waals surface area contributed by atoms with Gasteiger partial charge in [-0.25, -0.2) is 0 Å². The van der Waals surface area contributed by atoms with Crippen molar-refractivity contribution in [1.29, 1.82) is 0 Å². The van der Waals surface area contributed by atoms with Gasteiger partial charge in [0.25, 0.3) is 0 Å². The molecule has 0 unspecified atom stereocenters. The first-order valence-corrected chi connectivity index (χ1v) is 7.50. The minimum Gasteiger partial charge on any atom is -0.384 e. The van der Waals surface area contributed by atoms with Crippen LogP contribution in [0, 0.1) is 11.8 Å². The van der Waals surface area contributed by atoms with Crippen LogP contribution in [-0.2, 0) is 11.3 Å². The summed E-state index contributed by atoms with van der Waals surface area (Å²) in [5.41, 5.74) is 0.986. The lowest BCUT2D eigenvalue weighted by atomic mass is 10.2. The van der Waals surface area contributed by atoms with E-state index < -0.39 is 0 Å². The highest BCUT2D eigenvalue weighted by Crippen LogP contribution is 2.17. The average Bonchev–Trinajstić information content (AvgIpc) is 2.83. The van der Waals surface area contributed by atoms with Crippen molar-refractivity contribution >= 4 is 11.3 Å². The van der Waals surface area contributed by atoms with Crippen LogP contribution in [0.3, 0.4) is 0 Å². The number of hydrogen-bond donors (Lipinski definition) is 1. The second-order valence-electron chi connectivity index (χ2n) is 4.18. The van der Waals surface area contributed by atoms with Gasteiger partial charge in [0.15, 0.2) is 0 Å². The number of aliphatic hydroxyl groups excluding tert-OH is 1. The van der Waals surface area contributed by atoms with Crippen LogP contribution in [0.4, 0.5) is 0 Å². The van der Waals surface area contributed by atoms with Crippen molar-refractivity contribution in [1.82, 2.24) is 0 Å². The van der Waals surface area contributed by atoms with Gasteiger partial charge in [-0.3, -0.25) is 0 Å². The fraction of sp³-hybridized carbons (Fsp3) is 0.600. The fourth-order valence-corrected chi connectivity index (χ4v) is 2.44. The molecule has 0 saturated carbocycles. The molecule has 1 heterocycles. The fourth-order valence-electron chi connectivity index (χ4n) is 1.67. The summed E-state index contributed by atoms with van der Waals surface area (Å²) in [6.07, 6.45) is 6.32. The van der Waals surface area contributed by atoms with E-state index in [1.807, 2.05) is 11.4 Å². The highest BCUT2D eigenvalue weighted by Gasteiger charge is 2.01. The van der Waals surface area contributed by atoms with E-state index in [9.17, 15) is 0 Å². The molecule has 1 N–H and O–H groups in total. The van der Waals surface area contributed by atoms with Gasteiger partial charge >= 0.3 is 0 Å². The molecule has 0 amide bonds. The van der Waals surface area contributed by atoms with E-state index in [4.69, 9.17) is 9.84 Å². The summed E-state index contributed by atoms with van der Waals surface area (Å²) in [4.78, 5) is 1.16. The molecule has 0 atom stereocenters. The summed E-state index contributed by atoms with van der Waals surface area (Å²) in [5, 5.41) is 10.7. The third kappa shape index (κ3) is 6.20. The Morgan fingerprint density at radius 3 is 2.89 bits per heavy atom. The number of unbranched alkanes of at least 4 members (excludes halogenated alkanes) is 4. The Balaban J connectivity index is 2.17. The predicted octanol–water partition coefficient (Wildman–Crippen LogP) is 3.58. The normalized spacial score (nSPS) is 10.1. The van der Waals surface area contributed by atoms with Crippen LogP contribution >= 0.6 is 11.3 Å². The zero-order valence-electron chi connectivity index (χ0n) is 11.1. The van der Waals surface area contributed by atoms with Crippen molar-refractivity contribution < 1.29 is 9.84 Å². The summed E-state index contributed by atoms with van der Waals surface area (Å²) in [6.45, 7) is 3.60. The first-order chi connectivity index (χ1) is 8.88. The second kappa shape index (κ2) is 10.1. The van der Waals surface area contributed by atoms with Crippen molar-refractivity contribution in [2.24, 2.45) is 0 Å². The van der Waals surface area contributed by atoms with Crippen molar-refractivity contribution in [3.63, 3.8) is 0 Å². The molecule has 0 saturated heterocycles. The molecule has 0 aliphatic carbocycles. The van der Waals surface area contributed by atoms with Crippen molar-refractivity contribution in [3.8, 4) is 11.8 Å². The van der Waals surface area contributed by atoms with Gasteiger partial charge in [-0.15, -0.1) is 11.3 Å². The van der Waals surface area contributed by atoms with E-state index in [1.54, 1.807) is 11.3 Å². The van der Waals surface area contributed by atoms with Crippen LogP contribution in [0.2, 0.25) is 0 Å². The van der Waals surface area contributed by atoms with E-state index in [1.165, 1.54) is 25.7 Å². The van der Waals surface area contributed by atoms with Crippen molar-refractivity contribution in [2.45, 2.75) is 45.6 Å². The smallest absolute Gasteiger partial charge is 0.104 e. The second-order valence-corrected chi connectivity index (χ2v) is 5.18. The van der Waals surface area contributed by atoms with E-state index in [2.05, 4.69) is 18.8 Å². The number of rotatable bonds is 8. The molecule has 1 rings (SSSR count). The minimum absolute atomic E-state index is 0.0897. The van der Waals surface area contributed by atoms with Gasteiger partial charge < -0.3 is 9.84 Å². The summed E-state index contributed by atoms with van der Waals surface area (Å²) in [5.74, 6) is 5.61. The molecule has 18 heavy (non-hydrogen) atoms. The Morgan fingerprint density at radius 1 is 1.28 bits per heavy atom. The van der Waals surface area contributed by atoms with Crippen LogP contribution in [0.15, 0.2) is 11.4 Å². The average molecular weight is 266 g/mol. The zero-order valence-corrected chi connectivity index (χ0v) is 11.9. The Labute approximate surface area is 114 Å². The monoisotopic (exact) mass is 266 g/mol. The summed E-state index contributed by atoms with van der Waals surface area (Å²) in [6, 6.07) is 1.98. The molecule has 0 bridgehead atoms. The standard InChI is InChI=1S/C15H22O2S/c1-2-3-4-5-6-11-17-13-15-14(8-7-10-16)9-12-18-15/h9,12,16H,2-6,10-11,13H2,1H3. The van der Waals surface area contributed by atoms with E-state index in [-0.39, 0.29) is 6.61 Å². The van der Waals surface area contributed by atoms with Crippen LogP contribution in [0.25, 0.3) is 0 Å². The number of thiophene rings is 1. The number of hydrogen-bond acceptors (Lipinski definition) is 3. The molecule has 100 valence electrons. The molecule has 0 spiro atoms. The number of ether oxygens (including phenoxy) is 1. The molecule has 0 fully saturated rings. The third-order valence-electron chi connectivity index (χ3n) is 2.67. The SMILES string of the molecule is CCCCCCCOCc1sccc1C#CCO. The lowest BCUT2D eigenvalue weighted by Crippen LogP contribution is -1.95. The highest BCUT2D eigenvalue weighted by atomic mass is 32.1. The van der Waals surface area contributed by atoms with Crippen molar-refractivity contribution in [3.05, 3.63) is 21.9 Å². The maximum absolute atomic E-state index is 8.67. The Bertz CT molecular complexity index is 373. The molecule has 0 radical (unpaired) electrons. The van der Waals surface area contributed by atoms with Crippen LogP contribution in [0.5, 0.6) is 0 Å². The molecule has 2 nitrogen and oxygen atoms in total. The third-order valence-corrected chi connectivity index (χ3v) is 3.57. The van der Waals surface area contributed by atoms with Crippen LogP contribution < -0.4 is 0 Å². The van der Waals surface area contributed by atoms with Gasteiger partial charge in [0, 0.05) is 17.0 Å². The van der Waals surface area contributed by atoms with Gasteiger partial charge in [-0.2, -0.15) is 0 Å². The highest BCUT2D eigenvalue weighted by molar-refractivity contribution is 7.10. The molecule has 0 aromatic carbocycles. The largest absolute Gasteiger partial charge is 0.384 e. The quantitative estimate of drug-likeness (QED) is 0.575. The van der Waals surface area contributed by atoms with E-state index in [0.717, 1.165) is 23.5 Å². The van der Waals surface area contributed by atoms with E-state index in [0.29, 0.717) is 6.61 Å². The molecule has 1 aromatic rings. The molecular formula is C15H22O2S. The maximum atomic E-state index is 8.67. The minimum atomic E-state index is -0.0897. The molecule has 0 aliphatic rings. The maximum Gasteiger partial charge on any atom is 0.104 e. The summed E-state index contributed by atoms with van der Waals surface area (Å²) < 4.78 is 5.66. The predicted molar refractivity (Wildman–Crippen MR) is 76.7 cm³/mol. The lowest BCUT2D eigenvalue weighted by molar-refractivity contribution is 0.118.